The zero-order valence-electron chi connectivity index (χ0n) is 12.6. The second kappa shape index (κ2) is 5.38. The Morgan fingerprint density at radius 3 is 2.45 bits per heavy atom. The summed E-state index contributed by atoms with van der Waals surface area (Å²) in [6, 6.07) is 0. The Morgan fingerprint density at radius 2 is 1.65 bits per heavy atom. The van der Waals surface area contributed by atoms with Crippen molar-refractivity contribution in [2.24, 2.45) is 5.92 Å². The molecule has 0 aromatic heterocycles. The summed E-state index contributed by atoms with van der Waals surface area (Å²) in [5.41, 5.74) is 4.91. The lowest BCUT2D eigenvalue weighted by atomic mass is 9.79. The van der Waals surface area contributed by atoms with Crippen LogP contribution in [0.2, 0.25) is 0 Å². The maximum atomic E-state index is 2.64. The molecule has 2 nitrogen and oxygen atoms in total. The highest BCUT2D eigenvalue weighted by atomic mass is 15.1. The Balaban J connectivity index is 1.61. The van der Waals surface area contributed by atoms with E-state index in [1.54, 1.807) is 17.0 Å². The summed E-state index contributed by atoms with van der Waals surface area (Å²) in [6.07, 6.45) is 16.1. The third-order valence-electron chi connectivity index (χ3n) is 5.66. The normalized spacial score (nSPS) is 30.4. The van der Waals surface area contributed by atoms with E-state index < -0.39 is 0 Å². The van der Waals surface area contributed by atoms with Crippen LogP contribution >= 0.6 is 0 Å². The van der Waals surface area contributed by atoms with E-state index in [-0.39, 0.29) is 0 Å². The molecule has 2 aliphatic heterocycles. The lowest BCUT2D eigenvalue weighted by molar-refractivity contribution is -0.506. The molecule has 0 aromatic carbocycles. The first-order valence-electron chi connectivity index (χ1n) is 8.68. The van der Waals surface area contributed by atoms with Crippen molar-refractivity contribution in [1.82, 2.24) is 4.90 Å². The van der Waals surface area contributed by atoms with Gasteiger partial charge in [0.15, 0.2) is 5.71 Å². The van der Waals surface area contributed by atoms with Crippen LogP contribution < -0.4 is 0 Å². The van der Waals surface area contributed by atoms with E-state index in [0.29, 0.717) is 0 Å². The maximum Gasteiger partial charge on any atom is 0.176 e. The molecule has 2 heteroatoms. The maximum absolute atomic E-state index is 2.64. The second-order valence-electron chi connectivity index (χ2n) is 6.93. The standard InChI is InChI=1S/C18H27N2/c1-2-10-19(9-1)17-7-5-15-6-8-18(14-16(15)13-17)20-11-3-4-12-20/h13-15H,1-12H2/q+1. The number of hydrogen-bond donors (Lipinski definition) is 0. The molecular weight excluding hydrogens is 244 g/mol. The summed E-state index contributed by atoms with van der Waals surface area (Å²) in [5.74, 6) is 0.854. The lowest BCUT2D eigenvalue weighted by Gasteiger charge is -2.31. The molecular formula is C18H27N2+. The van der Waals surface area contributed by atoms with Crippen LogP contribution in [0.4, 0.5) is 0 Å². The molecule has 0 radical (unpaired) electrons. The van der Waals surface area contributed by atoms with Crippen molar-refractivity contribution in [2.75, 3.05) is 26.2 Å². The molecule has 1 atom stereocenters. The third kappa shape index (κ3) is 2.34. The van der Waals surface area contributed by atoms with Gasteiger partial charge in [-0.05, 0) is 49.7 Å². The minimum atomic E-state index is 0.854. The number of fused-ring (bicyclic) bond motifs is 1. The Morgan fingerprint density at radius 1 is 0.900 bits per heavy atom. The van der Waals surface area contributed by atoms with Crippen LogP contribution in [0.3, 0.4) is 0 Å². The van der Waals surface area contributed by atoms with Crippen molar-refractivity contribution >= 4 is 5.71 Å². The Bertz CT molecular complexity index is 470. The number of rotatable bonds is 1. The first kappa shape index (κ1) is 12.7. The SMILES string of the molecule is C1=C2C=C(N3CCCC3)CCC2CCC1=[N+]1CCCC1. The summed E-state index contributed by atoms with van der Waals surface area (Å²) in [7, 11) is 0. The summed E-state index contributed by atoms with van der Waals surface area (Å²) >= 11 is 0. The molecule has 4 aliphatic rings. The molecule has 0 bridgehead atoms. The zero-order chi connectivity index (χ0) is 13.4. The van der Waals surface area contributed by atoms with Gasteiger partial charge in [-0.25, -0.2) is 4.58 Å². The monoisotopic (exact) mass is 271 g/mol. The lowest BCUT2D eigenvalue weighted by Crippen LogP contribution is -2.27. The average Bonchev–Trinajstić information content (AvgIpc) is 3.19. The molecule has 2 saturated heterocycles. The highest BCUT2D eigenvalue weighted by molar-refractivity contribution is 5.93. The Labute approximate surface area is 122 Å². The predicted molar refractivity (Wildman–Crippen MR) is 83.2 cm³/mol. The third-order valence-corrected chi connectivity index (χ3v) is 5.66. The van der Waals surface area contributed by atoms with Crippen molar-refractivity contribution < 1.29 is 4.58 Å². The van der Waals surface area contributed by atoms with Gasteiger partial charge in [-0.3, -0.25) is 0 Å². The van der Waals surface area contributed by atoms with E-state index in [1.807, 2.05) is 0 Å². The smallest absolute Gasteiger partial charge is 0.176 e. The topological polar surface area (TPSA) is 6.25 Å². The number of likely N-dealkylation sites (tertiary alicyclic amines) is 1. The van der Waals surface area contributed by atoms with E-state index in [4.69, 9.17) is 0 Å². The van der Waals surface area contributed by atoms with Crippen LogP contribution in [0.5, 0.6) is 0 Å². The van der Waals surface area contributed by atoms with E-state index in [2.05, 4.69) is 21.6 Å². The van der Waals surface area contributed by atoms with Crippen LogP contribution in [0.15, 0.2) is 23.4 Å². The van der Waals surface area contributed by atoms with E-state index >= 15 is 0 Å². The fourth-order valence-electron chi connectivity index (χ4n) is 4.44. The van der Waals surface area contributed by atoms with Crippen molar-refractivity contribution in [1.29, 1.82) is 0 Å². The second-order valence-corrected chi connectivity index (χ2v) is 6.93. The van der Waals surface area contributed by atoms with Gasteiger partial charge in [0.1, 0.15) is 13.1 Å². The minimum Gasteiger partial charge on any atom is -0.375 e. The first-order valence-corrected chi connectivity index (χ1v) is 8.68. The predicted octanol–water partition coefficient (Wildman–Crippen LogP) is 3.34. The quantitative estimate of drug-likeness (QED) is 0.663. The fourth-order valence-corrected chi connectivity index (χ4v) is 4.44. The van der Waals surface area contributed by atoms with Crippen LogP contribution in [0, 0.1) is 5.92 Å². The summed E-state index contributed by atoms with van der Waals surface area (Å²) in [6.45, 7) is 5.19. The summed E-state index contributed by atoms with van der Waals surface area (Å²) in [5, 5.41) is 0. The molecule has 1 unspecified atom stereocenters. The van der Waals surface area contributed by atoms with E-state index in [1.165, 1.54) is 77.5 Å². The van der Waals surface area contributed by atoms with E-state index in [0.717, 1.165) is 5.92 Å². The molecule has 2 aliphatic carbocycles. The summed E-state index contributed by atoms with van der Waals surface area (Å²) < 4.78 is 2.64. The molecule has 20 heavy (non-hydrogen) atoms. The molecule has 108 valence electrons. The van der Waals surface area contributed by atoms with Gasteiger partial charge in [0.2, 0.25) is 0 Å². The largest absolute Gasteiger partial charge is 0.375 e. The molecule has 4 rings (SSSR count). The van der Waals surface area contributed by atoms with Crippen LogP contribution in [-0.2, 0) is 0 Å². The highest BCUT2D eigenvalue weighted by Gasteiger charge is 2.29. The Hall–Kier alpha value is -1.05. The molecule has 0 amide bonds. The Kier molecular flexibility index (Phi) is 3.41. The number of hydrogen-bond acceptors (Lipinski definition) is 1. The number of nitrogens with zero attached hydrogens (tertiary/aromatic N) is 2. The van der Waals surface area contributed by atoms with Gasteiger partial charge in [-0.1, -0.05) is 0 Å². The van der Waals surface area contributed by atoms with Crippen molar-refractivity contribution in [3.05, 3.63) is 23.4 Å². The first-order chi connectivity index (χ1) is 9.90. The van der Waals surface area contributed by atoms with Crippen molar-refractivity contribution in [3.63, 3.8) is 0 Å². The van der Waals surface area contributed by atoms with Crippen LogP contribution in [0.25, 0.3) is 0 Å². The molecule has 0 spiro atoms. The minimum absolute atomic E-state index is 0.854. The number of allylic oxidation sites excluding steroid dienone is 4. The van der Waals surface area contributed by atoms with Gasteiger partial charge in [-0.2, -0.15) is 0 Å². The molecule has 0 saturated carbocycles. The summed E-state index contributed by atoms with van der Waals surface area (Å²) in [4.78, 5) is 2.64. The van der Waals surface area contributed by atoms with Gasteiger partial charge < -0.3 is 4.90 Å². The van der Waals surface area contributed by atoms with Gasteiger partial charge in [0.25, 0.3) is 0 Å². The van der Waals surface area contributed by atoms with Crippen molar-refractivity contribution in [3.8, 4) is 0 Å². The average molecular weight is 271 g/mol. The van der Waals surface area contributed by atoms with Crippen LogP contribution in [0.1, 0.15) is 51.4 Å². The van der Waals surface area contributed by atoms with Crippen LogP contribution in [-0.4, -0.2) is 41.4 Å². The molecule has 2 heterocycles. The molecule has 0 aromatic rings. The zero-order valence-corrected chi connectivity index (χ0v) is 12.6. The van der Waals surface area contributed by atoms with E-state index in [9.17, 15) is 0 Å². The molecule has 2 fully saturated rings. The highest BCUT2D eigenvalue weighted by Crippen LogP contribution is 2.36. The van der Waals surface area contributed by atoms with Gasteiger partial charge in [0, 0.05) is 44.1 Å². The van der Waals surface area contributed by atoms with Gasteiger partial charge in [0.05, 0.1) is 0 Å². The fraction of sp³-hybridized carbons (Fsp3) is 0.722. The van der Waals surface area contributed by atoms with Crippen molar-refractivity contribution in [2.45, 2.75) is 51.4 Å². The van der Waals surface area contributed by atoms with Gasteiger partial charge in [-0.15, -0.1) is 0 Å². The van der Waals surface area contributed by atoms with Gasteiger partial charge >= 0.3 is 0 Å². The molecule has 0 N–H and O–H groups in total.